The highest BCUT2D eigenvalue weighted by molar-refractivity contribution is 5.88. The van der Waals surface area contributed by atoms with Crippen molar-refractivity contribution in [2.24, 2.45) is 0 Å². The monoisotopic (exact) mass is 371 g/mol. The summed E-state index contributed by atoms with van der Waals surface area (Å²) in [5.74, 6) is 0.859. The molecule has 1 N–H and O–H groups in total. The predicted molar refractivity (Wildman–Crippen MR) is 107 cm³/mol. The van der Waals surface area contributed by atoms with Crippen LogP contribution in [0.4, 0.5) is 0 Å². The lowest BCUT2D eigenvalue weighted by Crippen LogP contribution is -2.58. The number of ether oxygens (including phenoxy) is 1. The molecular formula is C22H33N3O2. The molecule has 0 unspecified atom stereocenters. The van der Waals surface area contributed by atoms with Crippen LogP contribution in [0.5, 0.6) is 0 Å². The molecule has 0 aromatic heterocycles. The summed E-state index contributed by atoms with van der Waals surface area (Å²) in [4.78, 5) is 17.7. The molecule has 2 saturated heterocycles. The summed E-state index contributed by atoms with van der Waals surface area (Å²) in [6.07, 6.45) is 7.10. The van der Waals surface area contributed by atoms with Crippen molar-refractivity contribution in [2.45, 2.75) is 56.0 Å². The van der Waals surface area contributed by atoms with Crippen LogP contribution in [0.25, 0.3) is 0 Å². The number of piperidine rings is 1. The van der Waals surface area contributed by atoms with Crippen molar-refractivity contribution in [2.75, 3.05) is 40.0 Å². The first-order valence-corrected chi connectivity index (χ1v) is 10.6. The van der Waals surface area contributed by atoms with E-state index in [1.807, 2.05) is 0 Å². The van der Waals surface area contributed by atoms with Crippen LogP contribution in [-0.4, -0.2) is 67.3 Å². The minimum Gasteiger partial charge on any atom is -0.383 e. The normalized spacial score (nSPS) is 29.1. The SMILES string of the molecule is COCCN1CNC(=O)C12CCN([C@@H]1CCCC[C@@H]1c1ccccc1)CC2. The molecule has 1 amide bonds. The number of carbonyl (C=O) groups excluding carboxylic acids is 1. The van der Waals surface area contributed by atoms with Gasteiger partial charge in [-0.1, -0.05) is 43.2 Å². The lowest BCUT2D eigenvalue weighted by Gasteiger charge is -2.47. The topological polar surface area (TPSA) is 44.8 Å². The smallest absolute Gasteiger partial charge is 0.241 e. The molecule has 148 valence electrons. The van der Waals surface area contributed by atoms with E-state index in [0.29, 0.717) is 25.2 Å². The highest BCUT2D eigenvalue weighted by Gasteiger charge is 2.50. The molecule has 1 spiro atoms. The largest absolute Gasteiger partial charge is 0.383 e. The number of amides is 1. The van der Waals surface area contributed by atoms with Gasteiger partial charge in [-0.25, -0.2) is 0 Å². The molecule has 3 aliphatic rings. The number of likely N-dealkylation sites (tertiary alicyclic amines) is 1. The summed E-state index contributed by atoms with van der Waals surface area (Å²) in [6.45, 7) is 4.21. The zero-order chi connectivity index (χ0) is 18.7. The molecule has 1 saturated carbocycles. The van der Waals surface area contributed by atoms with E-state index in [1.165, 1.54) is 31.2 Å². The Hall–Kier alpha value is -1.43. The van der Waals surface area contributed by atoms with E-state index < -0.39 is 0 Å². The number of hydrogen-bond acceptors (Lipinski definition) is 4. The first kappa shape index (κ1) is 18.9. The number of methoxy groups -OCH3 is 1. The molecule has 1 aromatic rings. The third kappa shape index (κ3) is 3.65. The maximum absolute atomic E-state index is 12.7. The van der Waals surface area contributed by atoms with Gasteiger partial charge in [0.05, 0.1) is 13.3 Å². The Labute approximate surface area is 163 Å². The zero-order valence-electron chi connectivity index (χ0n) is 16.5. The Kier molecular flexibility index (Phi) is 5.81. The fraction of sp³-hybridized carbons (Fsp3) is 0.682. The number of rotatable bonds is 5. The lowest BCUT2D eigenvalue weighted by molar-refractivity contribution is -0.130. The second-order valence-corrected chi connectivity index (χ2v) is 8.36. The number of hydrogen-bond donors (Lipinski definition) is 1. The molecular weight excluding hydrogens is 338 g/mol. The first-order valence-electron chi connectivity index (χ1n) is 10.6. The maximum Gasteiger partial charge on any atom is 0.241 e. The Morgan fingerprint density at radius 2 is 1.89 bits per heavy atom. The molecule has 1 aromatic carbocycles. The van der Waals surface area contributed by atoms with Crippen LogP contribution in [0, 0.1) is 0 Å². The van der Waals surface area contributed by atoms with Crippen molar-refractivity contribution in [1.82, 2.24) is 15.1 Å². The van der Waals surface area contributed by atoms with Gasteiger partial charge in [-0.2, -0.15) is 0 Å². The van der Waals surface area contributed by atoms with E-state index in [-0.39, 0.29) is 11.4 Å². The van der Waals surface area contributed by atoms with Crippen molar-refractivity contribution < 1.29 is 9.53 Å². The molecule has 0 radical (unpaired) electrons. The molecule has 2 atom stereocenters. The number of benzene rings is 1. The summed E-state index contributed by atoms with van der Waals surface area (Å²) in [7, 11) is 1.73. The van der Waals surface area contributed by atoms with Gasteiger partial charge in [-0.15, -0.1) is 0 Å². The van der Waals surface area contributed by atoms with E-state index in [2.05, 4.69) is 45.4 Å². The molecule has 5 heteroatoms. The Morgan fingerprint density at radius 3 is 2.63 bits per heavy atom. The van der Waals surface area contributed by atoms with Crippen LogP contribution < -0.4 is 5.32 Å². The van der Waals surface area contributed by atoms with Crippen LogP contribution in [0.15, 0.2) is 30.3 Å². The predicted octanol–water partition coefficient (Wildman–Crippen LogP) is 2.58. The molecule has 1 aliphatic carbocycles. The summed E-state index contributed by atoms with van der Waals surface area (Å²) in [5, 5.41) is 3.08. The third-order valence-corrected chi connectivity index (χ3v) is 7.08. The lowest BCUT2D eigenvalue weighted by atomic mass is 9.77. The summed E-state index contributed by atoms with van der Waals surface area (Å²) < 4.78 is 5.26. The van der Waals surface area contributed by atoms with Gasteiger partial charge in [-0.05, 0) is 37.2 Å². The highest BCUT2D eigenvalue weighted by atomic mass is 16.5. The zero-order valence-corrected chi connectivity index (χ0v) is 16.5. The standard InChI is InChI=1S/C22H33N3O2/c1-27-16-15-25-17-23-21(26)22(25)11-13-24(14-12-22)20-10-6-5-9-19(20)18-7-3-2-4-8-18/h2-4,7-8,19-20H,5-6,9-17H2,1H3,(H,23,26)/t19-,20-/m1/s1. The van der Waals surface area contributed by atoms with Crippen molar-refractivity contribution >= 4 is 5.91 Å². The van der Waals surface area contributed by atoms with Gasteiger partial charge in [0.2, 0.25) is 5.91 Å². The number of nitrogens with one attached hydrogen (secondary N) is 1. The molecule has 2 aliphatic heterocycles. The van der Waals surface area contributed by atoms with Gasteiger partial charge < -0.3 is 10.1 Å². The quantitative estimate of drug-likeness (QED) is 0.864. The molecule has 4 rings (SSSR count). The molecule has 27 heavy (non-hydrogen) atoms. The molecule has 5 nitrogen and oxygen atoms in total. The fourth-order valence-electron chi connectivity index (χ4n) is 5.53. The van der Waals surface area contributed by atoms with Gasteiger partial charge in [0.15, 0.2) is 0 Å². The maximum atomic E-state index is 12.7. The van der Waals surface area contributed by atoms with Crippen molar-refractivity contribution in [3.63, 3.8) is 0 Å². The van der Waals surface area contributed by atoms with E-state index in [0.717, 1.165) is 32.5 Å². The van der Waals surface area contributed by atoms with Crippen molar-refractivity contribution in [3.05, 3.63) is 35.9 Å². The molecule has 0 bridgehead atoms. The average Bonchev–Trinajstić information content (AvgIpc) is 3.03. The average molecular weight is 372 g/mol. The summed E-state index contributed by atoms with van der Waals surface area (Å²) >= 11 is 0. The number of nitrogens with zero attached hydrogens (tertiary/aromatic N) is 2. The van der Waals surface area contributed by atoms with Crippen molar-refractivity contribution in [3.8, 4) is 0 Å². The second-order valence-electron chi connectivity index (χ2n) is 8.36. The van der Waals surface area contributed by atoms with E-state index in [9.17, 15) is 4.79 Å². The van der Waals surface area contributed by atoms with Crippen LogP contribution in [0.1, 0.15) is 50.0 Å². The number of carbonyl (C=O) groups is 1. The van der Waals surface area contributed by atoms with Crippen LogP contribution in [0.2, 0.25) is 0 Å². The molecule has 2 heterocycles. The third-order valence-electron chi connectivity index (χ3n) is 7.08. The van der Waals surface area contributed by atoms with Crippen LogP contribution in [-0.2, 0) is 9.53 Å². The Balaban J connectivity index is 1.45. The van der Waals surface area contributed by atoms with E-state index in [1.54, 1.807) is 7.11 Å². The summed E-state index contributed by atoms with van der Waals surface area (Å²) in [5.41, 5.74) is 1.18. The van der Waals surface area contributed by atoms with Crippen LogP contribution in [0.3, 0.4) is 0 Å². The van der Waals surface area contributed by atoms with Gasteiger partial charge in [0, 0.05) is 32.8 Å². The van der Waals surface area contributed by atoms with E-state index >= 15 is 0 Å². The fourth-order valence-corrected chi connectivity index (χ4v) is 5.53. The minimum atomic E-state index is -0.314. The Bertz CT molecular complexity index is 628. The minimum absolute atomic E-state index is 0.224. The van der Waals surface area contributed by atoms with E-state index in [4.69, 9.17) is 4.74 Å². The highest BCUT2D eigenvalue weighted by Crippen LogP contribution is 2.40. The van der Waals surface area contributed by atoms with Crippen LogP contribution >= 0.6 is 0 Å². The molecule has 3 fully saturated rings. The second kappa shape index (κ2) is 8.29. The van der Waals surface area contributed by atoms with Gasteiger partial charge in [0.1, 0.15) is 5.54 Å². The first-order chi connectivity index (χ1) is 13.2. The Morgan fingerprint density at radius 1 is 1.15 bits per heavy atom. The van der Waals surface area contributed by atoms with Crippen molar-refractivity contribution in [1.29, 1.82) is 0 Å². The van der Waals surface area contributed by atoms with Gasteiger partial charge in [0.25, 0.3) is 0 Å². The van der Waals surface area contributed by atoms with Gasteiger partial charge in [-0.3, -0.25) is 14.6 Å². The van der Waals surface area contributed by atoms with Gasteiger partial charge >= 0.3 is 0 Å². The summed E-state index contributed by atoms with van der Waals surface area (Å²) in [6, 6.07) is 11.7.